The molecule has 0 bridgehead atoms. The highest BCUT2D eigenvalue weighted by atomic mass is 35.5. The van der Waals surface area contributed by atoms with Gasteiger partial charge in [0.05, 0.1) is 27.3 Å². The minimum Gasteiger partial charge on any atom is -0.497 e. The van der Waals surface area contributed by atoms with E-state index in [1.807, 2.05) is 18.2 Å². The minimum atomic E-state index is -0.361. The molecule has 0 aromatic heterocycles. The molecule has 0 saturated carbocycles. The van der Waals surface area contributed by atoms with E-state index in [4.69, 9.17) is 15.2 Å². The van der Waals surface area contributed by atoms with Gasteiger partial charge in [-0.15, -0.1) is 12.4 Å². The first-order chi connectivity index (χ1) is 10.1. The van der Waals surface area contributed by atoms with Gasteiger partial charge in [-0.25, -0.2) is 0 Å². The Morgan fingerprint density at radius 1 is 1.14 bits per heavy atom. The van der Waals surface area contributed by atoms with Gasteiger partial charge < -0.3 is 25.8 Å². The van der Waals surface area contributed by atoms with E-state index in [1.165, 1.54) is 0 Å². The molecule has 0 saturated heterocycles. The fourth-order valence-electron chi connectivity index (χ4n) is 1.73. The van der Waals surface area contributed by atoms with Crippen LogP contribution in [-0.4, -0.2) is 45.7 Å². The van der Waals surface area contributed by atoms with Gasteiger partial charge in [-0.05, 0) is 30.2 Å². The van der Waals surface area contributed by atoms with Crippen molar-refractivity contribution in [2.75, 3.05) is 33.9 Å². The number of hydrogen-bond donors (Lipinski definition) is 3. The van der Waals surface area contributed by atoms with Crippen LogP contribution in [0.25, 0.3) is 0 Å². The maximum absolute atomic E-state index is 11.5. The second-order valence-corrected chi connectivity index (χ2v) is 4.26. The number of halogens is 1. The quantitative estimate of drug-likeness (QED) is 0.615. The van der Waals surface area contributed by atoms with E-state index in [0.717, 1.165) is 17.1 Å². The summed E-state index contributed by atoms with van der Waals surface area (Å²) in [6, 6.07) is 5.49. The van der Waals surface area contributed by atoms with Crippen LogP contribution in [0.15, 0.2) is 18.2 Å². The molecule has 4 N–H and O–H groups in total. The van der Waals surface area contributed by atoms with Gasteiger partial charge in [0.1, 0.15) is 11.5 Å². The molecule has 1 rings (SSSR count). The van der Waals surface area contributed by atoms with Crippen LogP contribution in [0, 0.1) is 0 Å². The summed E-state index contributed by atoms with van der Waals surface area (Å²) >= 11 is 0. The Morgan fingerprint density at radius 3 is 2.45 bits per heavy atom. The fourth-order valence-corrected chi connectivity index (χ4v) is 1.73. The summed E-state index contributed by atoms with van der Waals surface area (Å²) in [5.74, 6) is 0.840. The van der Waals surface area contributed by atoms with E-state index in [0.29, 0.717) is 13.0 Å². The molecule has 7 nitrogen and oxygen atoms in total. The molecule has 0 spiro atoms. The number of carbonyl (C=O) groups excluding carboxylic acids is 2. The number of hydrogen-bond acceptors (Lipinski definition) is 5. The van der Waals surface area contributed by atoms with Gasteiger partial charge in [0.2, 0.25) is 11.8 Å². The number of ether oxygens (including phenoxy) is 2. The predicted molar refractivity (Wildman–Crippen MR) is 85.6 cm³/mol. The Morgan fingerprint density at radius 2 is 1.86 bits per heavy atom. The Bertz CT molecular complexity index is 497. The second-order valence-electron chi connectivity index (χ2n) is 4.26. The number of carbonyl (C=O) groups is 2. The highest BCUT2D eigenvalue weighted by Gasteiger charge is 2.07. The van der Waals surface area contributed by atoms with Crippen molar-refractivity contribution in [3.8, 4) is 11.5 Å². The lowest BCUT2D eigenvalue weighted by Crippen LogP contribution is -2.40. The first kappa shape index (κ1) is 20.0. The Kier molecular flexibility index (Phi) is 9.73. The van der Waals surface area contributed by atoms with Gasteiger partial charge in [0, 0.05) is 6.54 Å². The number of nitrogens with one attached hydrogen (secondary N) is 2. The smallest absolute Gasteiger partial charge is 0.239 e. The van der Waals surface area contributed by atoms with Crippen molar-refractivity contribution in [2.24, 2.45) is 5.73 Å². The van der Waals surface area contributed by atoms with Crippen molar-refractivity contribution >= 4 is 24.2 Å². The van der Waals surface area contributed by atoms with Gasteiger partial charge in [-0.2, -0.15) is 0 Å². The lowest BCUT2D eigenvalue weighted by Gasteiger charge is -2.11. The lowest BCUT2D eigenvalue weighted by molar-refractivity contribution is -0.125. The molecule has 22 heavy (non-hydrogen) atoms. The largest absolute Gasteiger partial charge is 0.497 e. The predicted octanol–water partition coefficient (Wildman–Crippen LogP) is -0.141. The highest BCUT2D eigenvalue weighted by Crippen LogP contribution is 2.23. The third-order valence-corrected chi connectivity index (χ3v) is 2.84. The summed E-state index contributed by atoms with van der Waals surface area (Å²) in [5.41, 5.74) is 6.06. The molecule has 0 radical (unpaired) electrons. The Hall–Kier alpha value is -1.99. The van der Waals surface area contributed by atoms with Gasteiger partial charge >= 0.3 is 0 Å². The molecule has 1 aromatic carbocycles. The Balaban J connectivity index is 0.00000441. The van der Waals surface area contributed by atoms with Gasteiger partial charge in [-0.1, -0.05) is 0 Å². The number of methoxy groups -OCH3 is 2. The molecule has 0 heterocycles. The van der Waals surface area contributed by atoms with E-state index >= 15 is 0 Å². The molecule has 8 heteroatoms. The molecule has 2 amide bonds. The van der Waals surface area contributed by atoms with Crippen molar-refractivity contribution in [3.63, 3.8) is 0 Å². The van der Waals surface area contributed by atoms with Gasteiger partial charge in [-0.3, -0.25) is 9.59 Å². The molecule has 0 aliphatic heterocycles. The van der Waals surface area contributed by atoms with E-state index < -0.39 is 0 Å². The first-order valence-corrected chi connectivity index (χ1v) is 6.55. The van der Waals surface area contributed by atoms with Crippen LogP contribution in [0.2, 0.25) is 0 Å². The van der Waals surface area contributed by atoms with Crippen LogP contribution in [0.4, 0.5) is 0 Å². The van der Waals surface area contributed by atoms with Gasteiger partial charge in [0.15, 0.2) is 0 Å². The molecule has 124 valence electrons. The molecule has 0 aliphatic carbocycles. The van der Waals surface area contributed by atoms with Gasteiger partial charge in [0.25, 0.3) is 0 Å². The normalized spacial score (nSPS) is 9.41. The molecule has 0 aliphatic rings. The molecular weight excluding hydrogens is 310 g/mol. The van der Waals surface area contributed by atoms with Crippen LogP contribution < -0.4 is 25.8 Å². The standard InChI is InChI=1S/C14H21N3O4.ClH/c1-20-11-3-4-12(21-2)10(7-11)5-6-16-14(19)9-17-13(18)8-15;/h3-4,7H,5-6,8-9,15H2,1-2H3,(H,16,19)(H,17,18);1H. The molecule has 0 atom stereocenters. The van der Waals surface area contributed by atoms with E-state index in [2.05, 4.69) is 10.6 Å². The lowest BCUT2D eigenvalue weighted by atomic mass is 10.1. The summed E-state index contributed by atoms with van der Waals surface area (Å²) in [6.07, 6.45) is 0.594. The minimum absolute atomic E-state index is 0. The monoisotopic (exact) mass is 331 g/mol. The zero-order valence-corrected chi connectivity index (χ0v) is 13.5. The van der Waals surface area contributed by atoms with Crippen LogP contribution in [-0.2, 0) is 16.0 Å². The van der Waals surface area contributed by atoms with Crippen molar-refractivity contribution in [3.05, 3.63) is 23.8 Å². The van der Waals surface area contributed by atoms with Crippen LogP contribution in [0.5, 0.6) is 11.5 Å². The van der Waals surface area contributed by atoms with E-state index in [-0.39, 0.29) is 37.3 Å². The Labute approximate surface area is 135 Å². The highest BCUT2D eigenvalue weighted by molar-refractivity contribution is 5.85. The number of benzene rings is 1. The van der Waals surface area contributed by atoms with Crippen molar-refractivity contribution in [2.45, 2.75) is 6.42 Å². The summed E-state index contributed by atoms with van der Waals surface area (Å²) in [6.45, 7) is 0.223. The summed E-state index contributed by atoms with van der Waals surface area (Å²) in [5, 5.41) is 5.11. The summed E-state index contributed by atoms with van der Waals surface area (Å²) < 4.78 is 10.4. The summed E-state index contributed by atoms with van der Waals surface area (Å²) in [7, 11) is 3.18. The van der Waals surface area contributed by atoms with Crippen molar-refractivity contribution < 1.29 is 19.1 Å². The average molecular weight is 332 g/mol. The molecule has 0 fully saturated rings. The van der Waals surface area contributed by atoms with Crippen molar-refractivity contribution in [1.29, 1.82) is 0 Å². The number of amides is 2. The van der Waals surface area contributed by atoms with E-state index in [1.54, 1.807) is 14.2 Å². The number of nitrogens with two attached hydrogens (primary N) is 1. The zero-order chi connectivity index (χ0) is 15.7. The molecular formula is C14H22ClN3O4. The SMILES string of the molecule is COc1ccc(OC)c(CCNC(=O)CNC(=O)CN)c1.Cl. The third kappa shape index (κ3) is 6.64. The second kappa shape index (κ2) is 10.7. The molecule has 1 aromatic rings. The number of rotatable bonds is 8. The van der Waals surface area contributed by atoms with Crippen LogP contribution in [0.1, 0.15) is 5.56 Å². The zero-order valence-electron chi connectivity index (χ0n) is 12.7. The maximum atomic E-state index is 11.5. The third-order valence-electron chi connectivity index (χ3n) is 2.84. The molecule has 0 unspecified atom stereocenters. The van der Waals surface area contributed by atoms with Crippen LogP contribution >= 0.6 is 12.4 Å². The average Bonchev–Trinajstić information content (AvgIpc) is 2.52. The fraction of sp³-hybridized carbons (Fsp3) is 0.429. The maximum Gasteiger partial charge on any atom is 0.239 e. The topological polar surface area (TPSA) is 103 Å². The summed E-state index contributed by atoms with van der Waals surface area (Å²) in [4.78, 5) is 22.4. The van der Waals surface area contributed by atoms with Crippen molar-refractivity contribution in [1.82, 2.24) is 10.6 Å². The van der Waals surface area contributed by atoms with Crippen LogP contribution in [0.3, 0.4) is 0 Å². The van der Waals surface area contributed by atoms with E-state index in [9.17, 15) is 9.59 Å². The first-order valence-electron chi connectivity index (χ1n) is 6.55.